The molecule has 0 saturated heterocycles. The van der Waals surface area contributed by atoms with E-state index < -0.39 is 15.9 Å². The van der Waals surface area contributed by atoms with Crippen LogP contribution in [-0.2, 0) is 14.8 Å². The number of benzene rings is 2. The summed E-state index contributed by atoms with van der Waals surface area (Å²) in [6.07, 6.45) is 1.06. The van der Waals surface area contributed by atoms with E-state index in [9.17, 15) is 17.6 Å². The number of sulfonamides is 1. The highest BCUT2D eigenvalue weighted by Crippen LogP contribution is 2.19. The maximum Gasteiger partial charge on any atom is 0.241 e. The molecular formula is C17H18FIN2O3S. The van der Waals surface area contributed by atoms with E-state index in [4.69, 9.17) is 0 Å². The molecule has 0 aliphatic carbocycles. The fraction of sp³-hybridized carbons (Fsp3) is 0.235. The van der Waals surface area contributed by atoms with Gasteiger partial charge in [-0.1, -0.05) is 12.1 Å². The number of carbonyl (C=O) groups is 1. The first kappa shape index (κ1) is 19.6. The van der Waals surface area contributed by atoms with Crippen LogP contribution >= 0.6 is 22.6 Å². The van der Waals surface area contributed by atoms with Crippen molar-refractivity contribution in [3.8, 4) is 0 Å². The minimum atomic E-state index is -3.61. The van der Waals surface area contributed by atoms with E-state index in [2.05, 4.69) is 27.9 Å². The standard InChI is InChI=1S/C17H18FIN2O3S/c1-12(13-3-5-14(18)6-4-13)20-17(22)11-21(25(2,23)24)16-9-7-15(19)8-10-16/h3-10,12H,11H2,1-2H3,(H,20,22)/t12-/m1/s1. The minimum Gasteiger partial charge on any atom is -0.348 e. The number of nitrogens with one attached hydrogen (secondary N) is 1. The van der Waals surface area contributed by atoms with Gasteiger partial charge >= 0.3 is 0 Å². The van der Waals surface area contributed by atoms with Crippen LogP contribution in [0.15, 0.2) is 48.5 Å². The Morgan fingerprint density at radius 3 is 2.24 bits per heavy atom. The number of amides is 1. The van der Waals surface area contributed by atoms with Gasteiger partial charge in [0.15, 0.2) is 0 Å². The van der Waals surface area contributed by atoms with Gasteiger partial charge < -0.3 is 5.32 Å². The summed E-state index contributed by atoms with van der Waals surface area (Å²) in [5, 5.41) is 2.73. The van der Waals surface area contributed by atoms with Crippen LogP contribution in [-0.4, -0.2) is 27.1 Å². The first-order valence-electron chi connectivity index (χ1n) is 7.45. The third-order valence-electron chi connectivity index (χ3n) is 3.55. The lowest BCUT2D eigenvalue weighted by molar-refractivity contribution is -0.120. The minimum absolute atomic E-state index is 0.328. The third kappa shape index (κ3) is 5.67. The molecule has 0 heterocycles. The molecule has 25 heavy (non-hydrogen) atoms. The first-order valence-corrected chi connectivity index (χ1v) is 10.4. The van der Waals surface area contributed by atoms with E-state index >= 15 is 0 Å². The molecule has 2 rings (SSSR count). The molecule has 0 aromatic heterocycles. The molecule has 134 valence electrons. The Morgan fingerprint density at radius 2 is 1.72 bits per heavy atom. The lowest BCUT2D eigenvalue weighted by Gasteiger charge is -2.23. The Labute approximate surface area is 160 Å². The number of anilines is 1. The van der Waals surface area contributed by atoms with Crippen LogP contribution in [0.25, 0.3) is 0 Å². The van der Waals surface area contributed by atoms with Gasteiger partial charge in [-0.2, -0.15) is 0 Å². The largest absolute Gasteiger partial charge is 0.348 e. The fourth-order valence-corrected chi connectivity index (χ4v) is 3.48. The van der Waals surface area contributed by atoms with Gasteiger partial charge in [-0.25, -0.2) is 12.8 Å². The van der Waals surface area contributed by atoms with Crippen molar-refractivity contribution in [1.29, 1.82) is 0 Å². The fourth-order valence-electron chi connectivity index (χ4n) is 2.26. The molecule has 0 bridgehead atoms. The molecule has 0 saturated carbocycles. The Hall–Kier alpha value is -1.68. The van der Waals surface area contributed by atoms with Crippen molar-refractivity contribution in [2.75, 3.05) is 17.1 Å². The number of rotatable bonds is 6. The quantitative estimate of drug-likeness (QED) is 0.652. The molecule has 0 aliphatic rings. The van der Waals surface area contributed by atoms with Gasteiger partial charge in [-0.05, 0) is 71.5 Å². The van der Waals surface area contributed by atoms with E-state index in [0.29, 0.717) is 5.69 Å². The first-order chi connectivity index (χ1) is 11.7. The molecule has 0 spiro atoms. The van der Waals surface area contributed by atoms with Gasteiger partial charge in [0.05, 0.1) is 18.0 Å². The van der Waals surface area contributed by atoms with Crippen LogP contribution in [0.2, 0.25) is 0 Å². The van der Waals surface area contributed by atoms with Crippen molar-refractivity contribution in [2.45, 2.75) is 13.0 Å². The average Bonchev–Trinajstić information content (AvgIpc) is 2.53. The van der Waals surface area contributed by atoms with Gasteiger partial charge in [-0.15, -0.1) is 0 Å². The Bertz CT molecular complexity index is 839. The van der Waals surface area contributed by atoms with Gasteiger partial charge in [0.25, 0.3) is 0 Å². The highest BCUT2D eigenvalue weighted by atomic mass is 127. The van der Waals surface area contributed by atoms with E-state index in [-0.39, 0.29) is 18.4 Å². The summed E-state index contributed by atoms with van der Waals surface area (Å²) in [5.74, 6) is -0.801. The summed E-state index contributed by atoms with van der Waals surface area (Å²) in [5.41, 5.74) is 1.16. The van der Waals surface area contributed by atoms with Crippen molar-refractivity contribution in [3.63, 3.8) is 0 Å². The van der Waals surface area contributed by atoms with Crippen LogP contribution in [0, 0.1) is 9.39 Å². The molecule has 2 aromatic carbocycles. The molecule has 1 atom stereocenters. The van der Waals surface area contributed by atoms with Gasteiger partial charge in [0, 0.05) is 3.57 Å². The molecule has 5 nitrogen and oxygen atoms in total. The Morgan fingerprint density at radius 1 is 1.16 bits per heavy atom. The van der Waals surface area contributed by atoms with Gasteiger partial charge in [0.2, 0.25) is 15.9 Å². The van der Waals surface area contributed by atoms with Crippen molar-refractivity contribution >= 4 is 44.2 Å². The zero-order valence-corrected chi connectivity index (χ0v) is 16.7. The normalized spacial score (nSPS) is 12.5. The predicted molar refractivity (Wildman–Crippen MR) is 104 cm³/mol. The second-order valence-corrected chi connectivity index (χ2v) is 8.74. The zero-order chi connectivity index (χ0) is 18.6. The highest BCUT2D eigenvalue weighted by molar-refractivity contribution is 14.1. The van der Waals surface area contributed by atoms with Gasteiger partial charge in [-0.3, -0.25) is 9.10 Å². The number of hydrogen-bond acceptors (Lipinski definition) is 3. The summed E-state index contributed by atoms with van der Waals surface area (Å²) in [7, 11) is -3.61. The van der Waals surface area contributed by atoms with Crippen molar-refractivity contribution in [2.24, 2.45) is 0 Å². The summed E-state index contributed by atoms with van der Waals surface area (Å²) >= 11 is 2.12. The molecule has 0 radical (unpaired) electrons. The second-order valence-electron chi connectivity index (χ2n) is 5.59. The molecule has 0 fully saturated rings. The smallest absolute Gasteiger partial charge is 0.241 e. The number of nitrogens with zero attached hydrogens (tertiary/aromatic N) is 1. The van der Waals surface area contributed by atoms with E-state index in [1.54, 1.807) is 43.3 Å². The maximum absolute atomic E-state index is 13.0. The van der Waals surface area contributed by atoms with Crippen LogP contribution < -0.4 is 9.62 Å². The summed E-state index contributed by atoms with van der Waals surface area (Å²) in [4.78, 5) is 12.3. The number of halogens is 2. The van der Waals surface area contributed by atoms with Crippen LogP contribution in [0.1, 0.15) is 18.5 Å². The lowest BCUT2D eigenvalue weighted by Crippen LogP contribution is -2.41. The topological polar surface area (TPSA) is 66.5 Å². The zero-order valence-electron chi connectivity index (χ0n) is 13.7. The third-order valence-corrected chi connectivity index (χ3v) is 5.41. The SMILES string of the molecule is C[C@@H](NC(=O)CN(c1ccc(I)cc1)S(C)(=O)=O)c1ccc(F)cc1. The van der Waals surface area contributed by atoms with E-state index in [1.807, 2.05) is 0 Å². The van der Waals surface area contributed by atoms with Crippen LogP contribution in [0.3, 0.4) is 0 Å². The molecule has 0 aliphatic heterocycles. The Kier molecular flexibility index (Phi) is 6.39. The summed E-state index contributed by atoms with van der Waals surface area (Å²) in [6.45, 7) is 1.42. The van der Waals surface area contributed by atoms with Crippen LogP contribution in [0.4, 0.5) is 10.1 Å². The van der Waals surface area contributed by atoms with Crippen molar-refractivity contribution in [1.82, 2.24) is 5.32 Å². The highest BCUT2D eigenvalue weighted by Gasteiger charge is 2.21. The van der Waals surface area contributed by atoms with Crippen molar-refractivity contribution in [3.05, 3.63) is 63.5 Å². The van der Waals surface area contributed by atoms with Gasteiger partial charge in [0.1, 0.15) is 12.4 Å². The number of carbonyl (C=O) groups excluding carboxylic acids is 1. The molecule has 2 aromatic rings. The predicted octanol–water partition coefficient (Wildman–Crippen LogP) is 3.07. The lowest BCUT2D eigenvalue weighted by atomic mass is 10.1. The molecule has 8 heteroatoms. The second kappa shape index (κ2) is 8.13. The van der Waals surface area contributed by atoms with Crippen molar-refractivity contribution < 1.29 is 17.6 Å². The average molecular weight is 476 g/mol. The van der Waals surface area contributed by atoms with Crippen LogP contribution in [0.5, 0.6) is 0 Å². The number of hydrogen-bond donors (Lipinski definition) is 1. The monoisotopic (exact) mass is 476 g/mol. The molecule has 0 unspecified atom stereocenters. The summed E-state index contributed by atoms with van der Waals surface area (Å²) in [6, 6.07) is 12.3. The molecular weight excluding hydrogens is 458 g/mol. The molecule has 1 N–H and O–H groups in total. The molecule has 1 amide bonds. The maximum atomic E-state index is 13.0. The van der Waals surface area contributed by atoms with E-state index in [0.717, 1.165) is 19.7 Å². The summed E-state index contributed by atoms with van der Waals surface area (Å²) < 4.78 is 39.1. The van der Waals surface area contributed by atoms with E-state index in [1.165, 1.54) is 12.1 Å². The Balaban J connectivity index is 2.12.